The van der Waals surface area contributed by atoms with Crippen molar-refractivity contribution in [3.8, 4) is 0 Å². The van der Waals surface area contributed by atoms with Gasteiger partial charge in [0, 0.05) is 29.2 Å². The van der Waals surface area contributed by atoms with E-state index in [1.165, 1.54) is 17.0 Å². The maximum Gasteiger partial charge on any atom is 0.227 e. The summed E-state index contributed by atoms with van der Waals surface area (Å²) in [6.07, 6.45) is -0.0669. The molecule has 2 aromatic carbocycles. The Labute approximate surface area is 133 Å². The molecule has 0 spiro atoms. The lowest BCUT2D eigenvalue weighted by atomic mass is 10.1. The zero-order chi connectivity index (χ0) is 15.4. The van der Waals surface area contributed by atoms with Gasteiger partial charge in [0.1, 0.15) is 5.82 Å². The highest BCUT2D eigenvalue weighted by molar-refractivity contribution is 6.31. The summed E-state index contributed by atoms with van der Waals surface area (Å²) >= 11 is 11.8. The van der Waals surface area contributed by atoms with E-state index in [0.29, 0.717) is 11.6 Å². The Hall–Kier alpha value is -1.58. The molecule has 0 bridgehead atoms. The number of carbonyl (C=O) groups is 1. The first-order chi connectivity index (χ1) is 9.97. The molecule has 0 aromatic heterocycles. The van der Waals surface area contributed by atoms with Gasteiger partial charge in [-0.05, 0) is 29.8 Å². The third-order valence-corrected chi connectivity index (χ3v) is 3.71. The predicted octanol–water partition coefficient (Wildman–Crippen LogP) is 4.33. The molecule has 0 radical (unpaired) electrons. The first-order valence-corrected chi connectivity index (χ1v) is 7.14. The lowest BCUT2D eigenvalue weighted by Crippen LogP contribution is -2.28. The van der Waals surface area contributed by atoms with Crippen LogP contribution in [-0.4, -0.2) is 17.9 Å². The van der Waals surface area contributed by atoms with Crippen molar-refractivity contribution in [2.75, 3.05) is 7.05 Å². The third-order valence-electron chi connectivity index (χ3n) is 3.12. The molecule has 0 saturated carbocycles. The van der Waals surface area contributed by atoms with Crippen LogP contribution in [0.4, 0.5) is 4.39 Å². The average Bonchev–Trinajstić information content (AvgIpc) is 2.43. The number of likely N-dealkylation sites (N-methyl/N-ethyl adjacent to an activating group) is 1. The van der Waals surface area contributed by atoms with Crippen molar-refractivity contribution in [2.45, 2.75) is 13.0 Å². The Balaban J connectivity index is 2.06. The van der Waals surface area contributed by atoms with Gasteiger partial charge in [-0.1, -0.05) is 41.4 Å². The fourth-order valence-electron chi connectivity index (χ4n) is 1.98. The van der Waals surface area contributed by atoms with E-state index in [1.54, 1.807) is 25.2 Å². The van der Waals surface area contributed by atoms with Crippen molar-refractivity contribution in [3.63, 3.8) is 0 Å². The van der Waals surface area contributed by atoms with Crippen molar-refractivity contribution < 1.29 is 9.18 Å². The standard InChI is InChI=1S/C16H14Cl2FNO/c1-20(10-11-4-2-5-12(17)8-11)16(21)9-13-14(18)6-3-7-15(13)19/h2-8H,9-10H2,1H3. The summed E-state index contributed by atoms with van der Waals surface area (Å²) in [7, 11) is 1.66. The molecular weight excluding hydrogens is 312 g/mol. The van der Waals surface area contributed by atoms with Gasteiger partial charge < -0.3 is 4.90 Å². The van der Waals surface area contributed by atoms with E-state index in [1.807, 2.05) is 12.1 Å². The van der Waals surface area contributed by atoms with E-state index in [2.05, 4.69) is 0 Å². The van der Waals surface area contributed by atoms with Crippen LogP contribution in [0.5, 0.6) is 0 Å². The second-order valence-electron chi connectivity index (χ2n) is 4.76. The Morgan fingerprint density at radius 3 is 2.57 bits per heavy atom. The monoisotopic (exact) mass is 325 g/mol. The van der Waals surface area contributed by atoms with Gasteiger partial charge in [0.25, 0.3) is 0 Å². The highest BCUT2D eigenvalue weighted by Crippen LogP contribution is 2.20. The van der Waals surface area contributed by atoms with Crippen molar-refractivity contribution in [3.05, 3.63) is 69.5 Å². The zero-order valence-corrected chi connectivity index (χ0v) is 13.0. The molecule has 0 fully saturated rings. The van der Waals surface area contributed by atoms with Gasteiger partial charge in [-0.15, -0.1) is 0 Å². The molecule has 0 aliphatic heterocycles. The number of carbonyl (C=O) groups excluding carboxylic acids is 1. The van der Waals surface area contributed by atoms with Gasteiger partial charge in [-0.3, -0.25) is 4.79 Å². The largest absolute Gasteiger partial charge is 0.341 e. The van der Waals surface area contributed by atoms with Crippen molar-refractivity contribution >= 4 is 29.1 Å². The highest BCUT2D eigenvalue weighted by atomic mass is 35.5. The Kier molecular flexibility index (Phi) is 5.21. The molecule has 110 valence electrons. The average molecular weight is 326 g/mol. The molecule has 1 amide bonds. The van der Waals surface area contributed by atoms with Gasteiger partial charge >= 0.3 is 0 Å². The van der Waals surface area contributed by atoms with Gasteiger partial charge in [0.15, 0.2) is 0 Å². The van der Waals surface area contributed by atoms with Crippen LogP contribution in [0, 0.1) is 5.82 Å². The van der Waals surface area contributed by atoms with Crippen LogP contribution < -0.4 is 0 Å². The second kappa shape index (κ2) is 6.92. The quantitative estimate of drug-likeness (QED) is 0.819. The summed E-state index contributed by atoms with van der Waals surface area (Å²) in [5, 5.41) is 0.880. The van der Waals surface area contributed by atoms with Crippen LogP contribution in [0.15, 0.2) is 42.5 Å². The van der Waals surface area contributed by atoms with E-state index < -0.39 is 5.82 Å². The van der Waals surface area contributed by atoms with E-state index in [9.17, 15) is 9.18 Å². The second-order valence-corrected chi connectivity index (χ2v) is 5.60. The van der Waals surface area contributed by atoms with Crippen LogP contribution in [0.1, 0.15) is 11.1 Å². The number of hydrogen-bond donors (Lipinski definition) is 0. The number of nitrogens with zero attached hydrogens (tertiary/aromatic N) is 1. The number of rotatable bonds is 4. The molecule has 0 saturated heterocycles. The molecule has 0 unspecified atom stereocenters. The molecule has 0 aliphatic rings. The molecule has 0 N–H and O–H groups in total. The summed E-state index contributed by atoms with van der Waals surface area (Å²) in [5.41, 5.74) is 1.14. The molecule has 2 aromatic rings. The van der Waals surface area contributed by atoms with Gasteiger partial charge in [-0.2, -0.15) is 0 Å². The topological polar surface area (TPSA) is 20.3 Å². The number of hydrogen-bond acceptors (Lipinski definition) is 1. The fourth-order valence-corrected chi connectivity index (χ4v) is 2.43. The van der Waals surface area contributed by atoms with Crippen LogP contribution in [-0.2, 0) is 17.8 Å². The molecular formula is C16H14Cl2FNO. The maximum atomic E-state index is 13.7. The molecule has 5 heteroatoms. The van der Waals surface area contributed by atoms with Crippen LogP contribution >= 0.6 is 23.2 Å². The molecule has 0 aliphatic carbocycles. The first kappa shape index (κ1) is 15.8. The molecule has 21 heavy (non-hydrogen) atoms. The summed E-state index contributed by atoms with van der Waals surface area (Å²) in [5.74, 6) is -0.672. The van der Waals surface area contributed by atoms with Crippen LogP contribution in [0.2, 0.25) is 10.0 Å². The number of amides is 1. The SMILES string of the molecule is CN(Cc1cccc(Cl)c1)C(=O)Cc1c(F)cccc1Cl. The van der Waals surface area contributed by atoms with Gasteiger partial charge in [0.05, 0.1) is 6.42 Å². The number of benzene rings is 2. The van der Waals surface area contributed by atoms with Crippen molar-refractivity contribution in [1.82, 2.24) is 4.90 Å². The predicted molar refractivity (Wildman–Crippen MR) is 83.0 cm³/mol. The van der Waals surface area contributed by atoms with Crippen LogP contribution in [0.25, 0.3) is 0 Å². The Bertz CT molecular complexity index is 640. The first-order valence-electron chi connectivity index (χ1n) is 6.38. The van der Waals surface area contributed by atoms with Crippen molar-refractivity contribution in [1.29, 1.82) is 0 Å². The van der Waals surface area contributed by atoms with Crippen LogP contribution in [0.3, 0.4) is 0 Å². The molecule has 0 heterocycles. The minimum atomic E-state index is -0.466. The minimum Gasteiger partial charge on any atom is -0.341 e. The summed E-state index contributed by atoms with van der Waals surface area (Å²) in [6.45, 7) is 0.408. The van der Waals surface area contributed by atoms with Crippen molar-refractivity contribution in [2.24, 2.45) is 0 Å². The van der Waals surface area contributed by atoms with E-state index in [0.717, 1.165) is 5.56 Å². The maximum absolute atomic E-state index is 13.7. The molecule has 2 rings (SSSR count). The highest BCUT2D eigenvalue weighted by Gasteiger charge is 2.15. The van der Waals surface area contributed by atoms with E-state index in [-0.39, 0.29) is 22.9 Å². The number of halogens is 3. The minimum absolute atomic E-state index is 0.0669. The van der Waals surface area contributed by atoms with E-state index >= 15 is 0 Å². The summed E-state index contributed by atoms with van der Waals surface area (Å²) in [4.78, 5) is 13.7. The lowest BCUT2D eigenvalue weighted by Gasteiger charge is -2.18. The van der Waals surface area contributed by atoms with Gasteiger partial charge in [-0.25, -0.2) is 4.39 Å². The smallest absolute Gasteiger partial charge is 0.227 e. The molecule has 2 nitrogen and oxygen atoms in total. The Morgan fingerprint density at radius 2 is 1.90 bits per heavy atom. The third kappa shape index (κ3) is 4.19. The summed E-state index contributed by atoms with van der Waals surface area (Å²) in [6, 6.07) is 11.7. The normalized spacial score (nSPS) is 10.5. The van der Waals surface area contributed by atoms with E-state index in [4.69, 9.17) is 23.2 Å². The van der Waals surface area contributed by atoms with Gasteiger partial charge in [0.2, 0.25) is 5.91 Å². The lowest BCUT2D eigenvalue weighted by molar-refractivity contribution is -0.129. The fraction of sp³-hybridized carbons (Fsp3) is 0.188. The Morgan fingerprint density at radius 1 is 1.19 bits per heavy atom. The zero-order valence-electron chi connectivity index (χ0n) is 11.4. The summed E-state index contributed by atoms with van der Waals surface area (Å²) < 4.78 is 13.7. The molecule has 0 atom stereocenters.